The predicted octanol–water partition coefficient (Wildman–Crippen LogP) is 1.47. The lowest BCUT2D eigenvalue weighted by molar-refractivity contribution is -0.131. The van der Waals surface area contributed by atoms with Gasteiger partial charge in [0, 0.05) is 33.1 Å². The van der Waals surface area contributed by atoms with Crippen LogP contribution < -0.4 is 10.6 Å². The molecule has 1 aromatic rings. The number of piperidine rings is 1. The molecule has 2 heterocycles. The van der Waals surface area contributed by atoms with Gasteiger partial charge in [-0.2, -0.15) is 4.98 Å². The van der Waals surface area contributed by atoms with E-state index in [0.29, 0.717) is 18.9 Å². The zero-order chi connectivity index (χ0) is 14.4. The molecule has 2 N–H and O–H groups in total. The summed E-state index contributed by atoms with van der Waals surface area (Å²) in [5.41, 5.74) is 0. The van der Waals surface area contributed by atoms with Gasteiger partial charge < -0.3 is 15.5 Å². The van der Waals surface area contributed by atoms with Gasteiger partial charge in [0.25, 0.3) is 0 Å². The highest BCUT2D eigenvalue weighted by molar-refractivity contribution is 5.76. The molecule has 1 aliphatic rings. The summed E-state index contributed by atoms with van der Waals surface area (Å²) in [6.07, 6.45) is 4.80. The second kappa shape index (κ2) is 7.02. The Morgan fingerprint density at radius 2 is 2.15 bits per heavy atom. The fourth-order valence-corrected chi connectivity index (χ4v) is 2.20. The largest absolute Gasteiger partial charge is 0.367 e. The summed E-state index contributed by atoms with van der Waals surface area (Å²) in [4.78, 5) is 21.5. The van der Waals surface area contributed by atoms with Crippen LogP contribution >= 0.6 is 0 Å². The van der Waals surface area contributed by atoms with Gasteiger partial charge in [-0.3, -0.25) is 4.79 Å². The summed E-state index contributed by atoms with van der Waals surface area (Å²) < 4.78 is 13.5. The molecular formula is C13H20FN5O. The molecule has 0 atom stereocenters. The van der Waals surface area contributed by atoms with Gasteiger partial charge in [0.15, 0.2) is 11.6 Å². The third-order valence-corrected chi connectivity index (χ3v) is 3.31. The van der Waals surface area contributed by atoms with Crippen LogP contribution in [0.5, 0.6) is 0 Å². The second-order valence-corrected chi connectivity index (χ2v) is 4.76. The van der Waals surface area contributed by atoms with Crippen molar-refractivity contribution in [2.45, 2.75) is 25.7 Å². The molecule has 1 aromatic heterocycles. The quantitative estimate of drug-likeness (QED) is 0.855. The van der Waals surface area contributed by atoms with Crippen LogP contribution in [0.4, 0.5) is 16.2 Å². The van der Waals surface area contributed by atoms with Crippen molar-refractivity contribution in [3.63, 3.8) is 0 Å². The molecule has 0 radical (unpaired) electrons. The minimum absolute atomic E-state index is 0.112. The van der Waals surface area contributed by atoms with Gasteiger partial charge >= 0.3 is 0 Å². The van der Waals surface area contributed by atoms with Crippen molar-refractivity contribution in [1.82, 2.24) is 14.9 Å². The number of carbonyl (C=O) groups excluding carboxylic acids is 1. The number of nitrogens with zero attached hydrogens (tertiary/aromatic N) is 3. The lowest BCUT2D eigenvalue weighted by Gasteiger charge is -2.26. The molecule has 2 rings (SSSR count). The number of nitrogens with one attached hydrogen (secondary N) is 2. The summed E-state index contributed by atoms with van der Waals surface area (Å²) in [6, 6.07) is 0. The summed E-state index contributed by atoms with van der Waals surface area (Å²) in [5, 5.41) is 5.59. The van der Waals surface area contributed by atoms with Crippen molar-refractivity contribution in [2.75, 3.05) is 37.3 Å². The van der Waals surface area contributed by atoms with Crippen molar-refractivity contribution in [1.29, 1.82) is 0 Å². The normalized spacial score (nSPS) is 15.0. The van der Waals surface area contributed by atoms with Crippen molar-refractivity contribution in [3.05, 3.63) is 12.0 Å². The highest BCUT2D eigenvalue weighted by Gasteiger charge is 2.16. The van der Waals surface area contributed by atoms with Crippen LogP contribution in [0, 0.1) is 5.82 Å². The predicted molar refractivity (Wildman–Crippen MR) is 75.1 cm³/mol. The summed E-state index contributed by atoms with van der Waals surface area (Å²) in [6.45, 7) is 2.04. The monoisotopic (exact) mass is 281 g/mol. The number of hydrogen-bond donors (Lipinski definition) is 2. The maximum absolute atomic E-state index is 13.5. The van der Waals surface area contributed by atoms with Gasteiger partial charge in [-0.05, 0) is 19.3 Å². The number of likely N-dealkylation sites (tertiary alicyclic amines) is 1. The van der Waals surface area contributed by atoms with Crippen LogP contribution in [0.2, 0.25) is 0 Å². The number of aromatic nitrogens is 2. The van der Waals surface area contributed by atoms with Crippen molar-refractivity contribution in [2.24, 2.45) is 0 Å². The second-order valence-electron chi connectivity index (χ2n) is 4.76. The fraction of sp³-hybridized carbons (Fsp3) is 0.615. The first-order chi connectivity index (χ1) is 9.70. The smallest absolute Gasteiger partial charge is 0.224 e. The average Bonchev–Trinajstić information content (AvgIpc) is 2.50. The Morgan fingerprint density at radius 1 is 1.40 bits per heavy atom. The Labute approximate surface area is 117 Å². The molecule has 0 unspecified atom stereocenters. The van der Waals surface area contributed by atoms with Crippen LogP contribution in [0.25, 0.3) is 0 Å². The van der Waals surface area contributed by atoms with E-state index in [1.165, 1.54) is 6.42 Å². The third kappa shape index (κ3) is 3.79. The molecule has 20 heavy (non-hydrogen) atoms. The Bertz CT molecular complexity index is 462. The van der Waals surface area contributed by atoms with E-state index in [9.17, 15) is 9.18 Å². The minimum atomic E-state index is -0.519. The van der Waals surface area contributed by atoms with E-state index in [1.807, 2.05) is 4.90 Å². The summed E-state index contributed by atoms with van der Waals surface area (Å²) in [7, 11) is 1.66. The maximum Gasteiger partial charge on any atom is 0.224 e. The van der Waals surface area contributed by atoms with Crippen LogP contribution in [0.1, 0.15) is 25.7 Å². The van der Waals surface area contributed by atoms with Gasteiger partial charge in [0.2, 0.25) is 11.9 Å². The lowest BCUT2D eigenvalue weighted by atomic mass is 10.1. The van der Waals surface area contributed by atoms with Crippen LogP contribution in [-0.4, -0.2) is 47.5 Å². The standard InChI is InChI=1S/C13H20FN5O/c1-15-13-17-9-10(14)12(18-13)16-6-5-11(20)19-7-3-2-4-8-19/h9H,2-8H2,1H3,(H2,15,16,17,18). The van der Waals surface area contributed by atoms with E-state index in [1.54, 1.807) is 7.05 Å². The fourth-order valence-electron chi connectivity index (χ4n) is 2.20. The molecule has 0 spiro atoms. The molecule has 110 valence electrons. The molecular weight excluding hydrogens is 261 g/mol. The molecule has 0 bridgehead atoms. The van der Waals surface area contributed by atoms with E-state index >= 15 is 0 Å². The number of anilines is 2. The maximum atomic E-state index is 13.5. The Hall–Kier alpha value is -1.92. The highest BCUT2D eigenvalue weighted by Crippen LogP contribution is 2.12. The van der Waals surface area contributed by atoms with E-state index in [2.05, 4.69) is 20.6 Å². The van der Waals surface area contributed by atoms with E-state index in [-0.39, 0.29) is 11.7 Å². The van der Waals surface area contributed by atoms with Crippen molar-refractivity contribution >= 4 is 17.7 Å². The first-order valence-electron chi connectivity index (χ1n) is 6.92. The summed E-state index contributed by atoms with van der Waals surface area (Å²) >= 11 is 0. The van der Waals surface area contributed by atoms with Gasteiger partial charge in [-0.15, -0.1) is 0 Å². The number of rotatable bonds is 5. The summed E-state index contributed by atoms with van der Waals surface area (Å²) in [5.74, 6) is 0.0574. The van der Waals surface area contributed by atoms with Gasteiger partial charge in [-0.25, -0.2) is 9.37 Å². The third-order valence-electron chi connectivity index (χ3n) is 3.31. The van der Waals surface area contributed by atoms with Crippen LogP contribution in [-0.2, 0) is 4.79 Å². The number of hydrogen-bond acceptors (Lipinski definition) is 5. The van der Waals surface area contributed by atoms with Gasteiger partial charge in [0.05, 0.1) is 6.20 Å². The van der Waals surface area contributed by atoms with Crippen LogP contribution in [0.15, 0.2) is 6.20 Å². The molecule has 6 nitrogen and oxygen atoms in total. The topological polar surface area (TPSA) is 70.2 Å². The number of amides is 1. The Kier molecular flexibility index (Phi) is 5.09. The molecule has 0 aliphatic carbocycles. The van der Waals surface area contributed by atoms with Gasteiger partial charge in [0.1, 0.15) is 0 Å². The molecule has 1 aliphatic heterocycles. The number of halogens is 1. The molecule has 7 heteroatoms. The van der Waals surface area contributed by atoms with E-state index in [0.717, 1.165) is 32.1 Å². The number of carbonyl (C=O) groups is 1. The first kappa shape index (κ1) is 14.5. The lowest BCUT2D eigenvalue weighted by Crippen LogP contribution is -2.36. The Morgan fingerprint density at radius 3 is 2.85 bits per heavy atom. The molecule has 0 aromatic carbocycles. The minimum Gasteiger partial charge on any atom is -0.367 e. The van der Waals surface area contributed by atoms with E-state index < -0.39 is 5.82 Å². The van der Waals surface area contributed by atoms with Crippen molar-refractivity contribution < 1.29 is 9.18 Å². The van der Waals surface area contributed by atoms with E-state index in [4.69, 9.17) is 0 Å². The molecule has 1 saturated heterocycles. The molecule has 0 saturated carbocycles. The Balaban J connectivity index is 1.81. The SMILES string of the molecule is CNc1ncc(F)c(NCCC(=O)N2CCCCC2)n1. The average molecular weight is 281 g/mol. The van der Waals surface area contributed by atoms with Crippen LogP contribution in [0.3, 0.4) is 0 Å². The first-order valence-corrected chi connectivity index (χ1v) is 6.92. The van der Waals surface area contributed by atoms with Crippen molar-refractivity contribution in [3.8, 4) is 0 Å². The molecule has 1 amide bonds. The highest BCUT2D eigenvalue weighted by atomic mass is 19.1. The molecule has 1 fully saturated rings. The zero-order valence-electron chi connectivity index (χ0n) is 11.7. The van der Waals surface area contributed by atoms with Gasteiger partial charge in [-0.1, -0.05) is 0 Å². The zero-order valence-corrected chi connectivity index (χ0v) is 11.7.